The third-order valence-electron chi connectivity index (χ3n) is 4.46. The quantitative estimate of drug-likeness (QED) is 0.893. The Morgan fingerprint density at radius 1 is 1.29 bits per heavy atom. The number of nitrogens with one attached hydrogen (secondary N) is 1. The van der Waals surface area contributed by atoms with Crippen LogP contribution < -0.4 is 5.32 Å². The van der Waals surface area contributed by atoms with Gasteiger partial charge in [-0.3, -0.25) is 9.59 Å². The van der Waals surface area contributed by atoms with E-state index < -0.39 is 0 Å². The van der Waals surface area contributed by atoms with E-state index in [9.17, 15) is 9.59 Å². The predicted molar refractivity (Wildman–Crippen MR) is 81.4 cm³/mol. The molecule has 112 valence electrons. The first-order valence-electron chi connectivity index (χ1n) is 7.43. The largest absolute Gasteiger partial charge is 0.339 e. The highest BCUT2D eigenvalue weighted by Crippen LogP contribution is 2.25. The lowest BCUT2D eigenvalue weighted by atomic mass is 10.0. The maximum absolute atomic E-state index is 12.6. The van der Waals surface area contributed by atoms with Crippen molar-refractivity contribution >= 4 is 17.5 Å². The third kappa shape index (κ3) is 2.78. The summed E-state index contributed by atoms with van der Waals surface area (Å²) < 4.78 is 0. The summed E-state index contributed by atoms with van der Waals surface area (Å²) in [6.45, 7) is 1.59. The smallest absolute Gasteiger partial charge is 0.253 e. The number of likely N-dealkylation sites (tertiary alicyclic amines) is 1. The Morgan fingerprint density at radius 2 is 2.00 bits per heavy atom. The van der Waals surface area contributed by atoms with Gasteiger partial charge in [0.1, 0.15) is 0 Å². The highest BCUT2D eigenvalue weighted by Gasteiger charge is 2.26. The van der Waals surface area contributed by atoms with Gasteiger partial charge in [-0.05, 0) is 44.6 Å². The molecule has 0 atom stereocenters. The minimum atomic E-state index is 0.00129. The average Bonchev–Trinajstić information content (AvgIpc) is 2.85. The summed E-state index contributed by atoms with van der Waals surface area (Å²) >= 11 is 0. The van der Waals surface area contributed by atoms with Gasteiger partial charge in [0.15, 0.2) is 0 Å². The van der Waals surface area contributed by atoms with Crippen LogP contribution in [0, 0.1) is 0 Å². The second-order valence-electron chi connectivity index (χ2n) is 6.08. The number of amides is 2. The van der Waals surface area contributed by atoms with Gasteiger partial charge >= 0.3 is 0 Å². The Morgan fingerprint density at radius 3 is 2.67 bits per heavy atom. The Bertz CT molecular complexity index is 575. The van der Waals surface area contributed by atoms with Crippen molar-refractivity contribution in [2.24, 2.45) is 0 Å². The van der Waals surface area contributed by atoms with Gasteiger partial charge < -0.3 is 15.1 Å². The van der Waals surface area contributed by atoms with Crippen LogP contribution in [0.15, 0.2) is 18.2 Å². The first-order chi connectivity index (χ1) is 10.0. The molecular formula is C16H21N3O2. The van der Waals surface area contributed by atoms with Crippen LogP contribution in [0.25, 0.3) is 0 Å². The van der Waals surface area contributed by atoms with Crippen molar-refractivity contribution in [2.75, 3.05) is 32.5 Å². The summed E-state index contributed by atoms with van der Waals surface area (Å²) in [4.78, 5) is 28.1. The molecule has 0 aromatic heterocycles. The van der Waals surface area contributed by atoms with Crippen molar-refractivity contribution in [3.63, 3.8) is 0 Å². The summed E-state index contributed by atoms with van der Waals surface area (Å²) in [6.07, 6.45) is 2.44. The zero-order valence-electron chi connectivity index (χ0n) is 12.6. The fourth-order valence-corrected chi connectivity index (χ4v) is 3.12. The van der Waals surface area contributed by atoms with Crippen LogP contribution in [0.2, 0.25) is 0 Å². The fourth-order valence-electron chi connectivity index (χ4n) is 3.12. The van der Waals surface area contributed by atoms with Crippen molar-refractivity contribution in [1.82, 2.24) is 9.80 Å². The van der Waals surface area contributed by atoms with Crippen LogP contribution in [0.5, 0.6) is 0 Å². The standard InChI is InChI=1S/C16H21N3O2/c1-18(2)13-5-7-19(8-6-13)16(21)12-4-3-11-10-15(20)17-14(11)9-12/h3-4,9,13H,5-8,10H2,1-2H3,(H,17,20). The number of carbonyl (C=O) groups excluding carboxylic acids is 2. The monoisotopic (exact) mass is 287 g/mol. The van der Waals surface area contributed by atoms with E-state index >= 15 is 0 Å². The first-order valence-corrected chi connectivity index (χ1v) is 7.43. The van der Waals surface area contributed by atoms with Gasteiger partial charge in [0.2, 0.25) is 5.91 Å². The van der Waals surface area contributed by atoms with Gasteiger partial charge in [0.05, 0.1) is 6.42 Å². The molecule has 1 N–H and O–H groups in total. The number of nitrogens with zero attached hydrogens (tertiary/aromatic N) is 2. The molecule has 0 bridgehead atoms. The van der Waals surface area contributed by atoms with E-state index in [0.717, 1.165) is 37.2 Å². The molecule has 0 saturated carbocycles. The normalized spacial score (nSPS) is 18.8. The van der Waals surface area contributed by atoms with E-state index in [1.54, 1.807) is 6.07 Å². The van der Waals surface area contributed by atoms with Gasteiger partial charge in [-0.2, -0.15) is 0 Å². The van der Waals surface area contributed by atoms with Crippen molar-refractivity contribution in [3.05, 3.63) is 29.3 Å². The van der Waals surface area contributed by atoms with Crippen molar-refractivity contribution in [1.29, 1.82) is 0 Å². The van der Waals surface area contributed by atoms with E-state index in [1.807, 2.05) is 17.0 Å². The second-order valence-corrected chi connectivity index (χ2v) is 6.08. The number of hydrogen-bond acceptors (Lipinski definition) is 3. The number of rotatable bonds is 2. The topological polar surface area (TPSA) is 52.6 Å². The summed E-state index contributed by atoms with van der Waals surface area (Å²) in [5.74, 6) is 0.0672. The van der Waals surface area contributed by atoms with Gasteiger partial charge in [0, 0.05) is 30.4 Å². The van der Waals surface area contributed by atoms with Crippen LogP contribution in [-0.4, -0.2) is 54.8 Å². The number of benzene rings is 1. The van der Waals surface area contributed by atoms with Gasteiger partial charge in [-0.1, -0.05) is 6.07 Å². The SMILES string of the molecule is CN(C)C1CCN(C(=O)c2ccc3c(c2)NC(=O)C3)CC1. The highest BCUT2D eigenvalue weighted by atomic mass is 16.2. The number of hydrogen-bond donors (Lipinski definition) is 1. The Labute approximate surface area is 124 Å². The zero-order chi connectivity index (χ0) is 15.0. The Balaban J connectivity index is 1.69. The molecule has 1 aromatic carbocycles. The maximum Gasteiger partial charge on any atom is 0.253 e. The maximum atomic E-state index is 12.6. The zero-order valence-corrected chi connectivity index (χ0v) is 12.6. The number of piperidine rings is 1. The molecule has 1 saturated heterocycles. The number of fused-ring (bicyclic) bond motifs is 1. The van der Waals surface area contributed by atoms with E-state index in [2.05, 4.69) is 24.3 Å². The summed E-state index contributed by atoms with van der Waals surface area (Å²) in [6, 6.07) is 6.08. The molecule has 2 aliphatic heterocycles. The van der Waals surface area contributed by atoms with E-state index in [0.29, 0.717) is 18.0 Å². The second kappa shape index (κ2) is 5.48. The molecular weight excluding hydrogens is 266 g/mol. The Hall–Kier alpha value is -1.88. The summed E-state index contributed by atoms with van der Waals surface area (Å²) in [7, 11) is 4.18. The number of carbonyl (C=O) groups is 2. The summed E-state index contributed by atoms with van der Waals surface area (Å²) in [5.41, 5.74) is 2.43. The molecule has 2 amide bonds. The van der Waals surface area contributed by atoms with Gasteiger partial charge in [-0.15, -0.1) is 0 Å². The first kappa shape index (κ1) is 14.1. The molecule has 3 rings (SSSR count). The van der Waals surface area contributed by atoms with Crippen molar-refractivity contribution in [3.8, 4) is 0 Å². The van der Waals surface area contributed by atoms with Crippen LogP contribution >= 0.6 is 0 Å². The predicted octanol–water partition coefficient (Wildman–Crippen LogP) is 1.35. The third-order valence-corrected chi connectivity index (χ3v) is 4.46. The molecule has 2 heterocycles. The molecule has 1 aromatic rings. The van der Waals surface area contributed by atoms with E-state index in [1.165, 1.54) is 0 Å². The molecule has 5 heteroatoms. The molecule has 0 spiro atoms. The van der Waals surface area contributed by atoms with Crippen molar-refractivity contribution < 1.29 is 9.59 Å². The molecule has 0 radical (unpaired) electrons. The highest BCUT2D eigenvalue weighted by molar-refractivity contribution is 6.02. The lowest BCUT2D eigenvalue weighted by Gasteiger charge is -2.35. The lowest BCUT2D eigenvalue weighted by molar-refractivity contribution is -0.115. The van der Waals surface area contributed by atoms with Crippen LogP contribution in [0.3, 0.4) is 0 Å². The molecule has 0 aliphatic carbocycles. The van der Waals surface area contributed by atoms with Crippen LogP contribution in [0.4, 0.5) is 5.69 Å². The molecule has 0 unspecified atom stereocenters. The lowest BCUT2D eigenvalue weighted by Crippen LogP contribution is -2.44. The van der Waals surface area contributed by atoms with E-state index in [-0.39, 0.29) is 11.8 Å². The minimum absolute atomic E-state index is 0.00129. The molecule has 2 aliphatic rings. The fraction of sp³-hybridized carbons (Fsp3) is 0.500. The summed E-state index contributed by atoms with van der Waals surface area (Å²) in [5, 5.41) is 2.80. The van der Waals surface area contributed by atoms with Crippen molar-refractivity contribution in [2.45, 2.75) is 25.3 Å². The van der Waals surface area contributed by atoms with E-state index in [4.69, 9.17) is 0 Å². The molecule has 21 heavy (non-hydrogen) atoms. The van der Waals surface area contributed by atoms with Crippen LogP contribution in [0.1, 0.15) is 28.8 Å². The van der Waals surface area contributed by atoms with Gasteiger partial charge in [-0.25, -0.2) is 0 Å². The van der Waals surface area contributed by atoms with Gasteiger partial charge in [0.25, 0.3) is 5.91 Å². The average molecular weight is 287 g/mol. The van der Waals surface area contributed by atoms with Crippen LogP contribution in [-0.2, 0) is 11.2 Å². The minimum Gasteiger partial charge on any atom is -0.339 e. The molecule has 5 nitrogen and oxygen atoms in total. The number of anilines is 1. The Kier molecular flexibility index (Phi) is 3.68. The molecule has 1 fully saturated rings.